The summed E-state index contributed by atoms with van der Waals surface area (Å²) in [5.41, 5.74) is 3.02. The number of rotatable bonds is 6. The molecule has 3 rings (SSSR count). The van der Waals surface area contributed by atoms with E-state index in [0.29, 0.717) is 0 Å². The van der Waals surface area contributed by atoms with Crippen LogP contribution in [-0.4, -0.2) is 25.2 Å². The molecular weight excluding hydrogens is 300 g/mol. The van der Waals surface area contributed by atoms with Gasteiger partial charge in [-0.1, -0.05) is 48.0 Å². The van der Waals surface area contributed by atoms with E-state index in [1.807, 2.05) is 61.5 Å². The quantitative estimate of drug-likeness (QED) is 0.857. The molecule has 1 saturated heterocycles. The molecule has 2 aromatic carbocycles. The minimum absolute atomic E-state index is 0.00282. The molecule has 1 aliphatic heterocycles. The Hall–Kier alpha value is -2.17. The van der Waals surface area contributed by atoms with Crippen molar-refractivity contribution in [2.24, 2.45) is 0 Å². The molecule has 0 saturated carbocycles. The number of nitrogens with one attached hydrogen (secondary N) is 1. The minimum atomic E-state index is -0.267. The van der Waals surface area contributed by atoms with E-state index in [2.05, 4.69) is 10.6 Å². The van der Waals surface area contributed by atoms with Crippen LogP contribution in [0.25, 0.3) is 0 Å². The molecule has 1 amide bonds. The van der Waals surface area contributed by atoms with Crippen molar-refractivity contribution < 1.29 is 14.8 Å². The lowest BCUT2D eigenvalue weighted by Crippen LogP contribution is -2.89. The average molecular weight is 325 g/mol. The lowest BCUT2D eigenvalue weighted by atomic mass is 10.1. The van der Waals surface area contributed by atoms with Crippen molar-refractivity contribution in [1.29, 1.82) is 0 Å². The Morgan fingerprint density at radius 3 is 2.62 bits per heavy atom. The second-order valence-corrected chi connectivity index (χ2v) is 6.35. The third-order valence-electron chi connectivity index (χ3n) is 4.42. The number of aryl methyl sites for hydroxylation is 1. The van der Waals surface area contributed by atoms with Crippen LogP contribution >= 0.6 is 0 Å². The van der Waals surface area contributed by atoms with E-state index < -0.39 is 0 Å². The summed E-state index contributed by atoms with van der Waals surface area (Å²) in [5.74, 6) is 0.00282. The Balaban J connectivity index is 1.70. The molecule has 3 N–H and O–H groups in total. The van der Waals surface area contributed by atoms with E-state index >= 15 is 0 Å². The van der Waals surface area contributed by atoms with Gasteiger partial charge in [-0.15, -0.1) is 0 Å². The zero-order valence-corrected chi connectivity index (χ0v) is 14.1. The van der Waals surface area contributed by atoms with Crippen LogP contribution in [0.15, 0.2) is 54.6 Å². The summed E-state index contributed by atoms with van der Waals surface area (Å²) in [4.78, 5) is 12.8. The molecule has 1 heterocycles. The van der Waals surface area contributed by atoms with Gasteiger partial charge in [-0.25, -0.2) is 0 Å². The molecule has 0 aromatic heterocycles. The highest BCUT2D eigenvalue weighted by Gasteiger charge is 2.27. The maximum Gasteiger partial charge on any atom is 0.287 e. The second kappa shape index (κ2) is 8.08. The van der Waals surface area contributed by atoms with Crippen molar-refractivity contribution >= 4 is 11.6 Å². The van der Waals surface area contributed by atoms with Gasteiger partial charge in [0.2, 0.25) is 0 Å². The van der Waals surface area contributed by atoms with Crippen LogP contribution in [0.1, 0.15) is 30.0 Å². The van der Waals surface area contributed by atoms with E-state index in [9.17, 15) is 4.79 Å². The molecule has 126 valence electrons. The van der Waals surface area contributed by atoms with E-state index in [-0.39, 0.29) is 18.1 Å². The summed E-state index contributed by atoms with van der Waals surface area (Å²) >= 11 is 0. The molecule has 24 heavy (non-hydrogen) atoms. The molecule has 0 bridgehead atoms. The van der Waals surface area contributed by atoms with Crippen molar-refractivity contribution in [2.45, 2.75) is 31.9 Å². The fourth-order valence-corrected chi connectivity index (χ4v) is 3.03. The van der Waals surface area contributed by atoms with Crippen LogP contribution in [0.2, 0.25) is 0 Å². The monoisotopic (exact) mass is 325 g/mol. The number of carbonyl (C=O) groups excluding carboxylic acids is 1. The number of hydrogen-bond acceptors (Lipinski definition) is 2. The third kappa shape index (κ3) is 4.43. The molecule has 0 spiro atoms. The van der Waals surface area contributed by atoms with Gasteiger partial charge in [0.25, 0.3) is 5.91 Å². The third-order valence-corrected chi connectivity index (χ3v) is 4.42. The molecule has 1 fully saturated rings. The summed E-state index contributed by atoms with van der Waals surface area (Å²) in [6, 6.07) is 17.5. The standard InChI is InChI=1S/C20H24N2O2/c1-15-9-11-17(12-10-15)22-20(23)19(16-6-3-2-4-7-16)21-14-18-8-5-13-24-18/h2-4,6-7,9-12,18-19,21H,5,8,13-14H2,1H3,(H,22,23)/p+1/t18-,19-/m0/s1. The summed E-state index contributed by atoms with van der Waals surface area (Å²) in [6.45, 7) is 3.68. The van der Waals surface area contributed by atoms with Crippen molar-refractivity contribution in [1.82, 2.24) is 0 Å². The first-order valence-electron chi connectivity index (χ1n) is 8.60. The smallest absolute Gasteiger partial charge is 0.287 e. The molecule has 2 aromatic rings. The predicted molar refractivity (Wildman–Crippen MR) is 94.8 cm³/mol. The molecular formula is C20H25N2O2+. The summed E-state index contributed by atoms with van der Waals surface area (Å²) in [5, 5.41) is 5.12. The normalized spacial score (nSPS) is 18.3. The van der Waals surface area contributed by atoms with Crippen LogP contribution in [0.4, 0.5) is 5.69 Å². The van der Waals surface area contributed by atoms with E-state index in [0.717, 1.165) is 37.2 Å². The van der Waals surface area contributed by atoms with Gasteiger partial charge in [-0.05, 0) is 31.9 Å². The lowest BCUT2D eigenvalue weighted by Gasteiger charge is -2.18. The number of carbonyl (C=O) groups is 1. The van der Waals surface area contributed by atoms with Crippen molar-refractivity contribution in [2.75, 3.05) is 18.5 Å². The number of benzene rings is 2. The second-order valence-electron chi connectivity index (χ2n) is 6.35. The SMILES string of the molecule is Cc1ccc(NC(=O)[C@@H]([NH2+]C[C@@H]2CCCO2)c2ccccc2)cc1. The Morgan fingerprint density at radius 2 is 1.96 bits per heavy atom. The Labute approximate surface area is 143 Å². The van der Waals surface area contributed by atoms with Crippen molar-refractivity contribution in [3.05, 3.63) is 65.7 Å². The average Bonchev–Trinajstić information content (AvgIpc) is 3.12. The fourth-order valence-electron chi connectivity index (χ4n) is 3.03. The molecule has 0 unspecified atom stereocenters. The molecule has 0 radical (unpaired) electrons. The summed E-state index contributed by atoms with van der Waals surface area (Å²) in [7, 11) is 0. The van der Waals surface area contributed by atoms with E-state index in [1.165, 1.54) is 5.56 Å². The van der Waals surface area contributed by atoms with Gasteiger partial charge in [0, 0.05) is 17.9 Å². The van der Waals surface area contributed by atoms with Gasteiger partial charge in [-0.2, -0.15) is 0 Å². The highest BCUT2D eigenvalue weighted by molar-refractivity contribution is 5.94. The van der Waals surface area contributed by atoms with Crippen LogP contribution in [0, 0.1) is 6.92 Å². The zero-order chi connectivity index (χ0) is 16.8. The topological polar surface area (TPSA) is 54.9 Å². The maximum absolute atomic E-state index is 12.8. The molecule has 4 nitrogen and oxygen atoms in total. The minimum Gasteiger partial charge on any atom is -0.372 e. The number of hydrogen-bond donors (Lipinski definition) is 2. The van der Waals surface area contributed by atoms with Gasteiger partial charge >= 0.3 is 0 Å². The fraction of sp³-hybridized carbons (Fsp3) is 0.350. The van der Waals surface area contributed by atoms with Crippen LogP contribution in [0.5, 0.6) is 0 Å². The highest BCUT2D eigenvalue weighted by Crippen LogP contribution is 2.15. The van der Waals surface area contributed by atoms with Crippen LogP contribution in [-0.2, 0) is 9.53 Å². The number of nitrogens with two attached hydrogens (primary N) is 1. The molecule has 4 heteroatoms. The largest absolute Gasteiger partial charge is 0.372 e. The van der Waals surface area contributed by atoms with Crippen molar-refractivity contribution in [3.8, 4) is 0 Å². The number of ether oxygens (including phenoxy) is 1. The number of quaternary nitrogens is 1. The Morgan fingerprint density at radius 1 is 1.21 bits per heavy atom. The maximum atomic E-state index is 12.8. The lowest BCUT2D eigenvalue weighted by molar-refractivity contribution is -0.687. The first-order valence-corrected chi connectivity index (χ1v) is 8.60. The van der Waals surface area contributed by atoms with Gasteiger partial charge in [-0.3, -0.25) is 4.79 Å². The van der Waals surface area contributed by atoms with E-state index in [1.54, 1.807) is 0 Å². The van der Waals surface area contributed by atoms with E-state index in [4.69, 9.17) is 4.74 Å². The van der Waals surface area contributed by atoms with Gasteiger partial charge in [0.1, 0.15) is 12.6 Å². The van der Waals surface area contributed by atoms with Gasteiger partial charge in [0.05, 0.1) is 0 Å². The molecule has 1 aliphatic rings. The van der Waals surface area contributed by atoms with Crippen molar-refractivity contribution in [3.63, 3.8) is 0 Å². The summed E-state index contributed by atoms with van der Waals surface area (Å²) in [6.07, 6.45) is 2.45. The summed E-state index contributed by atoms with van der Waals surface area (Å²) < 4.78 is 5.69. The highest BCUT2D eigenvalue weighted by atomic mass is 16.5. The molecule has 0 aliphatic carbocycles. The first kappa shape index (κ1) is 16.7. The van der Waals surface area contributed by atoms with Gasteiger partial charge in [0.15, 0.2) is 6.04 Å². The van der Waals surface area contributed by atoms with Gasteiger partial charge < -0.3 is 15.4 Å². The van der Waals surface area contributed by atoms with Crippen LogP contribution in [0.3, 0.4) is 0 Å². The first-order chi connectivity index (χ1) is 11.7. The number of amides is 1. The molecule has 2 atom stereocenters. The van der Waals surface area contributed by atoms with Crippen LogP contribution < -0.4 is 10.6 Å². The Bertz CT molecular complexity index is 649. The number of anilines is 1. The predicted octanol–water partition coefficient (Wildman–Crippen LogP) is 2.42. The zero-order valence-electron chi connectivity index (χ0n) is 14.1. The Kier molecular flexibility index (Phi) is 5.62.